The summed E-state index contributed by atoms with van der Waals surface area (Å²) >= 11 is 0. The minimum atomic E-state index is 0.357. The molecule has 18 heavy (non-hydrogen) atoms. The molecule has 0 aliphatic heterocycles. The first-order chi connectivity index (χ1) is 8.69. The average Bonchev–Trinajstić information content (AvgIpc) is 2.39. The van der Waals surface area contributed by atoms with E-state index in [1.165, 1.54) is 57.8 Å². The van der Waals surface area contributed by atoms with E-state index >= 15 is 0 Å². The van der Waals surface area contributed by atoms with Crippen molar-refractivity contribution in [2.45, 2.75) is 71.6 Å². The van der Waals surface area contributed by atoms with Crippen LogP contribution in [-0.4, -0.2) is 0 Å². The third kappa shape index (κ3) is 3.74. The maximum atomic E-state index is 9.48. The van der Waals surface area contributed by atoms with Crippen molar-refractivity contribution < 1.29 is 0 Å². The fraction of sp³-hybridized carbons (Fsp3) is 0.941. The Morgan fingerprint density at radius 1 is 0.889 bits per heavy atom. The van der Waals surface area contributed by atoms with Crippen molar-refractivity contribution in [2.24, 2.45) is 29.6 Å². The minimum Gasteiger partial charge on any atom is -0.198 e. The van der Waals surface area contributed by atoms with Crippen LogP contribution in [0.3, 0.4) is 0 Å². The van der Waals surface area contributed by atoms with Crippen LogP contribution in [-0.2, 0) is 0 Å². The molecule has 1 unspecified atom stereocenters. The first-order valence-electron chi connectivity index (χ1n) is 8.08. The lowest BCUT2D eigenvalue weighted by molar-refractivity contribution is 0.192. The molecule has 0 saturated heterocycles. The highest BCUT2D eigenvalue weighted by atomic mass is 14.4. The van der Waals surface area contributed by atoms with Gasteiger partial charge in [-0.2, -0.15) is 5.26 Å². The maximum Gasteiger partial charge on any atom is 0.0658 e. The van der Waals surface area contributed by atoms with E-state index in [4.69, 9.17) is 0 Å². The van der Waals surface area contributed by atoms with E-state index < -0.39 is 0 Å². The minimum absolute atomic E-state index is 0.357. The summed E-state index contributed by atoms with van der Waals surface area (Å²) in [5.74, 6) is 3.75. The van der Waals surface area contributed by atoms with Crippen molar-refractivity contribution in [3.05, 3.63) is 0 Å². The molecule has 2 aliphatic carbocycles. The molecule has 102 valence electrons. The Morgan fingerprint density at radius 3 is 1.89 bits per heavy atom. The molecule has 0 aromatic heterocycles. The summed E-state index contributed by atoms with van der Waals surface area (Å²) in [7, 11) is 0. The Balaban J connectivity index is 1.80. The predicted octanol–water partition coefficient (Wildman–Crippen LogP) is 5.17. The topological polar surface area (TPSA) is 23.8 Å². The van der Waals surface area contributed by atoms with E-state index in [9.17, 15) is 5.26 Å². The number of hydrogen-bond donors (Lipinski definition) is 0. The zero-order valence-electron chi connectivity index (χ0n) is 12.2. The second-order valence-corrected chi connectivity index (χ2v) is 7.12. The molecule has 0 bridgehead atoms. The first-order valence-corrected chi connectivity index (χ1v) is 8.08. The van der Waals surface area contributed by atoms with Crippen molar-refractivity contribution in [3.8, 4) is 6.07 Å². The van der Waals surface area contributed by atoms with Gasteiger partial charge in [-0.3, -0.25) is 0 Å². The molecule has 2 aliphatic rings. The molecule has 1 atom stereocenters. The van der Waals surface area contributed by atoms with Gasteiger partial charge in [-0.15, -0.1) is 0 Å². The summed E-state index contributed by atoms with van der Waals surface area (Å²) in [6.45, 7) is 4.74. The molecule has 0 spiro atoms. The first kappa shape index (κ1) is 13.9. The van der Waals surface area contributed by atoms with E-state index in [1.54, 1.807) is 0 Å². The van der Waals surface area contributed by atoms with Crippen LogP contribution < -0.4 is 0 Å². The molecular formula is C17H29N. The number of hydrogen-bond acceptors (Lipinski definition) is 1. The molecule has 2 saturated carbocycles. The third-order valence-corrected chi connectivity index (χ3v) is 5.52. The molecular weight excluding hydrogens is 218 g/mol. The van der Waals surface area contributed by atoms with Crippen LogP contribution in [0.15, 0.2) is 0 Å². The third-order valence-electron chi connectivity index (χ3n) is 5.52. The molecule has 1 nitrogen and oxygen atoms in total. The number of rotatable bonds is 3. The molecule has 0 aromatic rings. The van der Waals surface area contributed by atoms with Gasteiger partial charge >= 0.3 is 0 Å². The fourth-order valence-corrected chi connectivity index (χ4v) is 3.96. The second-order valence-electron chi connectivity index (χ2n) is 7.12. The molecule has 2 rings (SSSR count). The van der Waals surface area contributed by atoms with Gasteiger partial charge in [0.2, 0.25) is 0 Å². The lowest BCUT2D eigenvalue weighted by Crippen LogP contribution is -2.23. The van der Waals surface area contributed by atoms with Gasteiger partial charge in [-0.1, -0.05) is 52.4 Å². The molecule has 1 heteroatoms. The lowest BCUT2D eigenvalue weighted by Gasteiger charge is -2.33. The highest BCUT2D eigenvalue weighted by Gasteiger charge is 2.29. The van der Waals surface area contributed by atoms with Gasteiger partial charge in [-0.25, -0.2) is 0 Å². The van der Waals surface area contributed by atoms with Gasteiger partial charge in [-0.05, 0) is 42.9 Å². The smallest absolute Gasteiger partial charge is 0.0658 e. The Morgan fingerprint density at radius 2 is 1.39 bits per heavy atom. The van der Waals surface area contributed by atoms with Crippen LogP contribution in [0.2, 0.25) is 0 Å². The maximum absolute atomic E-state index is 9.48. The molecule has 0 amide bonds. The summed E-state index contributed by atoms with van der Waals surface area (Å²) in [5, 5.41) is 9.48. The summed E-state index contributed by atoms with van der Waals surface area (Å²) in [6.07, 6.45) is 12.1. The highest BCUT2D eigenvalue weighted by molar-refractivity contribution is 4.92. The summed E-state index contributed by atoms with van der Waals surface area (Å²) in [4.78, 5) is 0. The van der Waals surface area contributed by atoms with Gasteiger partial charge in [0.1, 0.15) is 0 Å². The summed E-state index contributed by atoms with van der Waals surface area (Å²) in [5.41, 5.74) is 0. The average molecular weight is 247 g/mol. The monoisotopic (exact) mass is 247 g/mol. The lowest BCUT2D eigenvalue weighted by atomic mass is 9.71. The molecule has 0 heterocycles. The van der Waals surface area contributed by atoms with E-state index in [2.05, 4.69) is 19.9 Å². The van der Waals surface area contributed by atoms with E-state index in [1.807, 2.05) is 0 Å². The van der Waals surface area contributed by atoms with Crippen LogP contribution >= 0.6 is 0 Å². The van der Waals surface area contributed by atoms with E-state index in [-0.39, 0.29) is 0 Å². The van der Waals surface area contributed by atoms with Crippen molar-refractivity contribution in [2.75, 3.05) is 0 Å². The van der Waals surface area contributed by atoms with Crippen LogP contribution in [0.5, 0.6) is 0 Å². The predicted molar refractivity (Wildman–Crippen MR) is 76.0 cm³/mol. The molecule has 2 fully saturated rings. The van der Waals surface area contributed by atoms with Gasteiger partial charge in [0.05, 0.1) is 6.07 Å². The van der Waals surface area contributed by atoms with Crippen LogP contribution in [0.4, 0.5) is 0 Å². The van der Waals surface area contributed by atoms with E-state index in [0.29, 0.717) is 11.8 Å². The standard InChI is InChI=1S/C17H29N/c1-13-3-7-15(8-4-13)11-17(12-18)16-9-5-14(2)6-10-16/h13-17H,3-11H2,1-2H3. The second kappa shape index (κ2) is 6.60. The van der Waals surface area contributed by atoms with Gasteiger partial charge in [0.25, 0.3) is 0 Å². The zero-order valence-corrected chi connectivity index (χ0v) is 12.2. The largest absolute Gasteiger partial charge is 0.198 e. The van der Waals surface area contributed by atoms with Gasteiger partial charge in [0, 0.05) is 5.92 Å². The van der Waals surface area contributed by atoms with Crippen molar-refractivity contribution in [3.63, 3.8) is 0 Å². The number of nitrogens with zero attached hydrogens (tertiary/aromatic N) is 1. The van der Waals surface area contributed by atoms with Crippen LogP contribution in [0.25, 0.3) is 0 Å². The fourth-order valence-electron chi connectivity index (χ4n) is 3.96. The van der Waals surface area contributed by atoms with Crippen molar-refractivity contribution >= 4 is 0 Å². The zero-order chi connectivity index (χ0) is 13.0. The molecule has 0 aromatic carbocycles. The van der Waals surface area contributed by atoms with Gasteiger partial charge < -0.3 is 0 Å². The van der Waals surface area contributed by atoms with Crippen LogP contribution in [0, 0.1) is 40.9 Å². The molecule has 0 radical (unpaired) electrons. The normalized spacial score (nSPS) is 38.9. The summed E-state index contributed by atoms with van der Waals surface area (Å²) in [6, 6.07) is 2.65. The SMILES string of the molecule is CC1CCC(CC(C#N)C2CCC(C)CC2)CC1. The van der Waals surface area contributed by atoms with Crippen LogP contribution in [0.1, 0.15) is 71.6 Å². The van der Waals surface area contributed by atoms with Crippen molar-refractivity contribution in [1.29, 1.82) is 5.26 Å². The Labute approximate surface area is 113 Å². The van der Waals surface area contributed by atoms with Gasteiger partial charge in [0.15, 0.2) is 0 Å². The highest BCUT2D eigenvalue weighted by Crippen LogP contribution is 2.39. The Bertz CT molecular complexity index is 274. The van der Waals surface area contributed by atoms with Crippen molar-refractivity contribution in [1.82, 2.24) is 0 Å². The quantitative estimate of drug-likeness (QED) is 0.675. The number of nitriles is 1. The Kier molecular flexibility index (Phi) is 5.10. The summed E-state index contributed by atoms with van der Waals surface area (Å²) < 4.78 is 0. The van der Waals surface area contributed by atoms with E-state index in [0.717, 1.165) is 17.8 Å². The molecule has 0 N–H and O–H groups in total. The Hall–Kier alpha value is -0.510.